The number of ether oxygens (including phenoxy) is 1. The van der Waals surface area contributed by atoms with E-state index in [1.165, 1.54) is 12.1 Å². The van der Waals surface area contributed by atoms with Crippen LogP contribution in [0.25, 0.3) is 22.7 Å². The summed E-state index contributed by atoms with van der Waals surface area (Å²) in [5.41, 5.74) is 3.23. The normalized spacial score (nSPS) is 11.6. The summed E-state index contributed by atoms with van der Waals surface area (Å²) in [5.74, 6) is 1.98. The van der Waals surface area contributed by atoms with Crippen LogP contribution < -0.4 is 4.74 Å². The zero-order valence-electron chi connectivity index (χ0n) is 19.4. The Bertz CT molecular complexity index is 1440. The molecule has 36 heavy (non-hydrogen) atoms. The van der Waals surface area contributed by atoms with E-state index in [9.17, 15) is 13.2 Å². The molecule has 2 aromatic heterocycles. The monoisotopic (exact) mass is 489 g/mol. The molecule has 0 aliphatic rings. The van der Waals surface area contributed by atoms with Crippen LogP contribution in [-0.2, 0) is 19.3 Å². The quantitative estimate of drug-likeness (QED) is 0.243. The van der Waals surface area contributed by atoms with Crippen LogP contribution in [0.4, 0.5) is 13.2 Å². The molecule has 5 rings (SSSR count). The molecule has 8 heteroatoms. The van der Waals surface area contributed by atoms with Gasteiger partial charge in [-0.2, -0.15) is 18.3 Å². The number of aryl methyl sites for hydroxylation is 1. The number of alkyl halides is 3. The highest BCUT2D eigenvalue weighted by molar-refractivity contribution is 5.59. The summed E-state index contributed by atoms with van der Waals surface area (Å²) in [6.45, 7) is 2.67. The lowest BCUT2D eigenvalue weighted by Gasteiger charge is -2.07. The maximum atomic E-state index is 12.8. The molecule has 0 saturated carbocycles. The van der Waals surface area contributed by atoms with Crippen LogP contribution in [0.3, 0.4) is 0 Å². The van der Waals surface area contributed by atoms with E-state index >= 15 is 0 Å². The smallest absolute Gasteiger partial charge is 0.416 e. The third kappa shape index (κ3) is 5.33. The van der Waals surface area contributed by atoms with Crippen molar-refractivity contribution in [1.29, 1.82) is 0 Å². The lowest BCUT2D eigenvalue weighted by molar-refractivity contribution is -0.137. The average Bonchev–Trinajstić information content (AvgIpc) is 3.50. The number of aromatic nitrogens is 3. The van der Waals surface area contributed by atoms with Crippen molar-refractivity contribution in [3.63, 3.8) is 0 Å². The van der Waals surface area contributed by atoms with Crippen LogP contribution in [0.1, 0.15) is 22.6 Å². The first kappa shape index (κ1) is 23.4. The van der Waals surface area contributed by atoms with Crippen molar-refractivity contribution in [1.82, 2.24) is 14.8 Å². The summed E-state index contributed by atoms with van der Waals surface area (Å²) in [6.07, 6.45) is -2.55. The van der Waals surface area contributed by atoms with Gasteiger partial charge in [0, 0.05) is 17.3 Å². The van der Waals surface area contributed by atoms with Crippen molar-refractivity contribution in [3.8, 4) is 28.5 Å². The van der Waals surface area contributed by atoms with Gasteiger partial charge in [0.1, 0.15) is 23.8 Å². The van der Waals surface area contributed by atoms with Crippen LogP contribution in [-0.4, -0.2) is 14.8 Å². The van der Waals surface area contributed by atoms with Gasteiger partial charge in [-0.3, -0.25) is 4.68 Å². The van der Waals surface area contributed by atoms with Gasteiger partial charge in [0.2, 0.25) is 5.89 Å². The Hall–Kier alpha value is -4.33. The van der Waals surface area contributed by atoms with Crippen molar-refractivity contribution < 1.29 is 22.3 Å². The molecule has 182 valence electrons. The molecule has 0 atom stereocenters. The molecular weight excluding hydrogens is 467 g/mol. The highest BCUT2D eigenvalue weighted by Gasteiger charge is 2.30. The summed E-state index contributed by atoms with van der Waals surface area (Å²) < 4.78 is 51.8. The standard InChI is InChI=1S/C28H22F3N3O2/c1-19-26(32-27(36-19)22-5-3-2-4-6-22)18-35-24-13-7-20(8-14-24)17-34-16-15-25(33-34)21-9-11-23(12-10-21)28(29,30)31/h2-16H,17-18H2,1H3. The highest BCUT2D eigenvalue weighted by Crippen LogP contribution is 2.30. The van der Waals surface area contributed by atoms with Gasteiger partial charge in [0.15, 0.2) is 0 Å². The molecule has 0 spiro atoms. The van der Waals surface area contributed by atoms with Crippen LogP contribution >= 0.6 is 0 Å². The molecule has 0 aliphatic carbocycles. The van der Waals surface area contributed by atoms with Crippen molar-refractivity contribution in [2.24, 2.45) is 0 Å². The predicted octanol–water partition coefficient (Wildman–Crippen LogP) is 7.16. The molecule has 0 unspecified atom stereocenters. The molecule has 5 nitrogen and oxygen atoms in total. The Morgan fingerprint density at radius 2 is 1.58 bits per heavy atom. The van der Waals surface area contributed by atoms with E-state index in [0.717, 1.165) is 29.0 Å². The molecule has 0 radical (unpaired) electrons. The third-order valence-electron chi connectivity index (χ3n) is 5.71. The van der Waals surface area contributed by atoms with Crippen molar-refractivity contribution in [2.75, 3.05) is 0 Å². The van der Waals surface area contributed by atoms with Gasteiger partial charge in [0.05, 0.1) is 17.8 Å². The van der Waals surface area contributed by atoms with E-state index in [1.807, 2.05) is 61.5 Å². The van der Waals surface area contributed by atoms with Crippen molar-refractivity contribution >= 4 is 0 Å². The average molecular weight is 489 g/mol. The van der Waals surface area contributed by atoms with E-state index in [1.54, 1.807) is 16.9 Å². The second-order valence-electron chi connectivity index (χ2n) is 8.29. The molecular formula is C28H22F3N3O2. The first-order valence-electron chi connectivity index (χ1n) is 11.3. The van der Waals surface area contributed by atoms with Crippen molar-refractivity contribution in [2.45, 2.75) is 26.3 Å². The fourth-order valence-corrected chi connectivity index (χ4v) is 3.73. The molecule has 0 saturated heterocycles. The van der Waals surface area contributed by atoms with Gasteiger partial charge in [-0.15, -0.1) is 0 Å². The number of benzene rings is 3. The maximum Gasteiger partial charge on any atom is 0.416 e. The van der Waals surface area contributed by atoms with E-state index < -0.39 is 11.7 Å². The van der Waals surface area contributed by atoms with E-state index in [-0.39, 0.29) is 6.61 Å². The second kappa shape index (κ2) is 9.73. The molecule has 0 amide bonds. The number of halogens is 3. The highest BCUT2D eigenvalue weighted by atomic mass is 19.4. The SMILES string of the molecule is Cc1oc(-c2ccccc2)nc1COc1ccc(Cn2ccc(-c3ccc(C(F)(F)F)cc3)n2)cc1. The van der Waals surface area contributed by atoms with Crippen LogP contribution in [0, 0.1) is 6.92 Å². The predicted molar refractivity (Wildman–Crippen MR) is 129 cm³/mol. The summed E-state index contributed by atoms with van der Waals surface area (Å²) >= 11 is 0. The molecule has 0 N–H and O–H groups in total. The minimum atomic E-state index is -4.35. The molecule has 2 heterocycles. The Labute approximate surface area is 205 Å². The fraction of sp³-hybridized carbons (Fsp3) is 0.143. The van der Waals surface area contributed by atoms with Crippen LogP contribution in [0.2, 0.25) is 0 Å². The lowest BCUT2D eigenvalue weighted by Crippen LogP contribution is -2.04. The third-order valence-corrected chi connectivity index (χ3v) is 5.71. The van der Waals surface area contributed by atoms with Crippen LogP contribution in [0.5, 0.6) is 5.75 Å². The zero-order valence-corrected chi connectivity index (χ0v) is 19.4. The first-order valence-corrected chi connectivity index (χ1v) is 11.3. The van der Waals surface area contributed by atoms with E-state index in [2.05, 4.69) is 10.1 Å². The number of oxazole rings is 1. The lowest BCUT2D eigenvalue weighted by atomic mass is 10.1. The topological polar surface area (TPSA) is 53.1 Å². The van der Waals surface area contributed by atoms with E-state index in [0.29, 0.717) is 35.2 Å². The molecule has 0 fully saturated rings. The summed E-state index contributed by atoms with van der Waals surface area (Å²) in [7, 11) is 0. The summed E-state index contributed by atoms with van der Waals surface area (Å²) in [5, 5.41) is 4.49. The molecule has 5 aromatic rings. The number of hydrogen-bond donors (Lipinski definition) is 0. The van der Waals surface area contributed by atoms with Gasteiger partial charge in [-0.05, 0) is 55.0 Å². The van der Waals surface area contributed by atoms with Crippen molar-refractivity contribution in [3.05, 3.63) is 114 Å². The summed E-state index contributed by atoms with van der Waals surface area (Å²) in [4.78, 5) is 4.55. The zero-order chi connectivity index (χ0) is 25.1. The maximum absolute atomic E-state index is 12.8. The van der Waals surface area contributed by atoms with Crippen LogP contribution in [0.15, 0.2) is 95.5 Å². The summed E-state index contributed by atoms with van der Waals surface area (Å²) in [6, 6.07) is 24.1. The van der Waals surface area contributed by atoms with Gasteiger partial charge >= 0.3 is 6.18 Å². The number of hydrogen-bond acceptors (Lipinski definition) is 4. The fourth-order valence-electron chi connectivity index (χ4n) is 3.73. The molecule has 3 aromatic carbocycles. The second-order valence-corrected chi connectivity index (χ2v) is 8.29. The first-order chi connectivity index (χ1) is 17.3. The van der Waals surface area contributed by atoms with Gasteiger partial charge in [-0.25, -0.2) is 4.98 Å². The Kier molecular flexibility index (Phi) is 6.33. The van der Waals surface area contributed by atoms with Gasteiger partial charge in [0.25, 0.3) is 0 Å². The molecule has 0 aliphatic heterocycles. The Balaban J connectivity index is 1.19. The largest absolute Gasteiger partial charge is 0.487 e. The van der Waals surface area contributed by atoms with Gasteiger partial charge in [-0.1, -0.05) is 42.5 Å². The minimum absolute atomic E-state index is 0.289. The number of nitrogens with zero attached hydrogens (tertiary/aromatic N) is 3. The molecule has 0 bridgehead atoms. The number of rotatable bonds is 7. The minimum Gasteiger partial charge on any atom is -0.487 e. The Morgan fingerprint density at radius 3 is 2.28 bits per heavy atom. The Morgan fingerprint density at radius 1 is 0.861 bits per heavy atom. The van der Waals surface area contributed by atoms with Gasteiger partial charge < -0.3 is 9.15 Å². The van der Waals surface area contributed by atoms with E-state index in [4.69, 9.17) is 9.15 Å².